The van der Waals surface area contributed by atoms with E-state index < -0.39 is 0 Å². The minimum absolute atomic E-state index is 0.337. The van der Waals surface area contributed by atoms with Crippen molar-refractivity contribution >= 4 is 31.9 Å². The molecule has 2 heterocycles. The zero-order valence-electron chi connectivity index (χ0n) is 22.5. The monoisotopic (exact) mass is 610 g/mol. The fourth-order valence-corrected chi connectivity index (χ4v) is 4.07. The van der Waals surface area contributed by atoms with Gasteiger partial charge in [-0.05, 0) is 45.7 Å². The molecule has 2 aromatic heterocycles. The Bertz CT molecular complexity index is 1140. The highest BCUT2D eigenvalue weighted by Crippen LogP contribution is 2.30. The second-order valence-corrected chi connectivity index (χ2v) is 10.3. The summed E-state index contributed by atoms with van der Waals surface area (Å²) in [6, 6.07) is 20.4. The summed E-state index contributed by atoms with van der Waals surface area (Å²) in [4.78, 5) is 18.3. The molecular weight excluding hydrogens is 576 g/mol. The average molecular weight is 612 g/mol. The van der Waals surface area contributed by atoms with Gasteiger partial charge < -0.3 is 0 Å². The van der Waals surface area contributed by atoms with E-state index in [9.17, 15) is 0 Å². The molecule has 4 nitrogen and oxygen atoms in total. The Labute approximate surface area is 233 Å². The Balaban J connectivity index is 0.000000237. The molecule has 0 bridgehead atoms. The Kier molecular flexibility index (Phi) is 11.9. The van der Waals surface area contributed by atoms with Gasteiger partial charge in [0.2, 0.25) is 0 Å². The predicted molar refractivity (Wildman–Crippen MR) is 159 cm³/mol. The molecule has 0 radical (unpaired) electrons. The van der Waals surface area contributed by atoms with Gasteiger partial charge in [0.15, 0.2) is 0 Å². The molecule has 4 rings (SSSR count). The van der Waals surface area contributed by atoms with Crippen molar-refractivity contribution in [2.24, 2.45) is 0 Å². The van der Waals surface area contributed by atoms with Gasteiger partial charge >= 0.3 is 0 Å². The maximum atomic E-state index is 4.64. The Morgan fingerprint density at radius 1 is 0.528 bits per heavy atom. The first-order chi connectivity index (χ1) is 17.2. The summed E-state index contributed by atoms with van der Waals surface area (Å²) in [6.07, 6.45) is 0. The van der Waals surface area contributed by atoms with E-state index >= 15 is 0 Å². The van der Waals surface area contributed by atoms with Crippen molar-refractivity contribution in [3.63, 3.8) is 0 Å². The van der Waals surface area contributed by atoms with Gasteiger partial charge in [-0.15, -0.1) is 0 Å². The van der Waals surface area contributed by atoms with E-state index in [1.165, 1.54) is 0 Å². The normalized spacial score (nSPS) is 10.4. The highest BCUT2D eigenvalue weighted by molar-refractivity contribution is 9.11. The van der Waals surface area contributed by atoms with Gasteiger partial charge in [-0.1, -0.05) is 102 Å². The number of aromatic nitrogens is 4. The Hall–Kier alpha value is -2.44. The van der Waals surface area contributed by atoms with Crippen molar-refractivity contribution in [1.82, 2.24) is 19.9 Å². The van der Waals surface area contributed by atoms with E-state index in [4.69, 9.17) is 0 Å². The van der Waals surface area contributed by atoms with Crippen LogP contribution >= 0.6 is 31.9 Å². The fourth-order valence-electron chi connectivity index (χ4n) is 3.25. The third-order valence-corrected chi connectivity index (χ3v) is 7.09. The first-order valence-electron chi connectivity index (χ1n) is 12.4. The standard InChI is InChI=1S/2C14H15BrN2.C2H6/c2*1-9(2)14-16-10(3)12(15)13(17-14)11-7-5-4-6-8-11;1-2/h2*4-9H,1-3H3;1-2H3. The summed E-state index contributed by atoms with van der Waals surface area (Å²) in [5.41, 5.74) is 6.16. The number of hydrogen-bond acceptors (Lipinski definition) is 4. The van der Waals surface area contributed by atoms with Crippen molar-refractivity contribution < 1.29 is 0 Å². The lowest BCUT2D eigenvalue weighted by atomic mass is 10.1. The molecule has 2 aromatic carbocycles. The largest absolute Gasteiger partial charge is 0.237 e. The second-order valence-electron chi connectivity index (χ2n) is 8.70. The van der Waals surface area contributed by atoms with Crippen molar-refractivity contribution in [3.05, 3.63) is 92.6 Å². The van der Waals surface area contributed by atoms with Crippen LogP contribution in [0.4, 0.5) is 0 Å². The van der Waals surface area contributed by atoms with Crippen molar-refractivity contribution in [1.29, 1.82) is 0 Å². The third-order valence-electron chi connectivity index (χ3n) is 5.20. The molecule has 0 atom stereocenters. The summed E-state index contributed by atoms with van der Waals surface area (Å²) in [5.74, 6) is 2.46. The molecular formula is C30H36Br2N4. The van der Waals surface area contributed by atoms with Crippen LogP contribution in [-0.4, -0.2) is 19.9 Å². The van der Waals surface area contributed by atoms with E-state index in [-0.39, 0.29) is 0 Å². The first kappa shape index (κ1) is 29.8. The molecule has 0 saturated carbocycles. The van der Waals surface area contributed by atoms with Crippen LogP contribution in [0.15, 0.2) is 69.6 Å². The van der Waals surface area contributed by atoms with Crippen LogP contribution in [0.2, 0.25) is 0 Å². The number of nitrogens with zero attached hydrogens (tertiary/aromatic N) is 4. The van der Waals surface area contributed by atoms with Gasteiger partial charge in [0.05, 0.1) is 31.7 Å². The molecule has 36 heavy (non-hydrogen) atoms. The zero-order valence-corrected chi connectivity index (χ0v) is 25.6. The third kappa shape index (κ3) is 7.78. The van der Waals surface area contributed by atoms with Crippen LogP contribution in [0, 0.1) is 13.8 Å². The quantitative estimate of drug-likeness (QED) is 0.230. The number of hydrogen-bond donors (Lipinski definition) is 0. The molecule has 0 aliphatic rings. The Morgan fingerprint density at radius 2 is 0.833 bits per heavy atom. The highest BCUT2D eigenvalue weighted by Gasteiger charge is 2.14. The van der Waals surface area contributed by atoms with Crippen LogP contribution in [0.1, 0.15) is 76.4 Å². The predicted octanol–water partition coefficient (Wildman–Crippen LogP) is 9.70. The molecule has 0 aliphatic carbocycles. The van der Waals surface area contributed by atoms with Crippen molar-refractivity contribution in [2.75, 3.05) is 0 Å². The summed E-state index contributed by atoms with van der Waals surface area (Å²) >= 11 is 7.15. The maximum Gasteiger partial charge on any atom is 0.131 e. The molecule has 0 saturated heterocycles. The van der Waals surface area contributed by atoms with Gasteiger partial charge in [-0.2, -0.15) is 0 Å². The number of benzene rings is 2. The van der Waals surface area contributed by atoms with Gasteiger partial charge in [-0.3, -0.25) is 0 Å². The Morgan fingerprint density at radius 3 is 1.11 bits per heavy atom. The average Bonchev–Trinajstić information content (AvgIpc) is 2.89. The number of aryl methyl sites for hydroxylation is 2. The van der Waals surface area contributed by atoms with E-state index in [0.717, 1.165) is 54.5 Å². The molecule has 0 unspecified atom stereocenters. The minimum Gasteiger partial charge on any atom is -0.237 e. The number of rotatable bonds is 4. The molecule has 0 amide bonds. The maximum absolute atomic E-state index is 4.64. The topological polar surface area (TPSA) is 51.6 Å². The first-order valence-corrected chi connectivity index (χ1v) is 14.0. The molecule has 0 aliphatic heterocycles. The summed E-state index contributed by atoms with van der Waals surface area (Å²) in [7, 11) is 0. The van der Waals surface area contributed by atoms with Crippen LogP contribution in [0.5, 0.6) is 0 Å². The van der Waals surface area contributed by atoms with Crippen LogP contribution < -0.4 is 0 Å². The fraction of sp³-hybridized carbons (Fsp3) is 0.333. The van der Waals surface area contributed by atoms with Crippen molar-refractivity contribution in [3.8, 4) is 22.5 Å². The lowest BCUT2D eigenvalue weighted by molar-refractivity contribution is 0.766. The van der Waals surface area contributed by atoms with Crippen molar-refractivity contribution in [2.45, 2.75) is 67.2 Å². The smallest absolute Gasteiger partial charge is 0.131 e. The molecule has 190 valence electrons. The minimum atomic E-state index is 0.337. The second kappa shape index (κ2) is 14.3. The molecule has 0 spiro atoms. The zero-order chi connectivity index (χ0) is 26.8. The summed E-state index contributed by atoms with van der Waals surface area (Å²) in [6.45, 7) is 16.4. The molecule has 0 fully saturated rings. The van der Waals surface area contributed by atoms with Gasteiger partial charge in [0, 0.05) is 23.0 Å². The lowest BCUT2D eigenvalue weighted by Crippen LogP contribution is -2.02. The van der Waals surface area contributed by atoms with Gasteiger partial charge in [-0.25, -0.2) is 19.9 Å². The SMILES string of the molecule is CC.Cc1nc(C(C)C)nc(-c2ccccc2)c1Br.Cc1nc(C(C)C)nc(-c2ccccc2)c1Br. The molecule has 6 heteroatoms. The van der Waals surface area contributed by atoms with Crippen LogP contribution in [-0.2, 0) is 0 Å². The molecule has 0 N–H and O–H groups in total. The summed E-state index contributed by atoms with van der Waals surface area (Å²) < 4.78 is 1.96. The summed E-state index contributed by atoms with van der Waals surface area (Å²) in [5, 5.41) is 0. The van der Waals surface area contributed by atoms with Gasteiger partial charge in [0.25, 0.3) is 0 Å². The van der Waals surface area contributed by atoms with E-state index in [2.05, 4.69) is 104 Å². The van der Waals surface area contributed by atoms with E-state index in [0.29, 0.717) is 11.8 Å². The van der Waals surface area contributed by atoms with Crippen LogP contribution in [0.3, 0.4) is 0 Å². The van der Waals surface area contributed by atoms with Crippen LogP contribution in [0.25, 0.3) is 22.5 Å². The number of halogens is 2. The van der Waals surface area contributed by atoms with E-state index in [1.807, 2.05) is 64.1 Å². The molecule has 4 aromatic rings. The lowest BCUT2D eigenvalue weighted by Gasteiger charge is -2.11. The highest BCUT2D eigenvalue weighted by atomic mass is 79.9. The van der Waals surface area contributed by atoms with Gasteiger partial charge in [0.1, 0.15) is 11.6 Å². The van der Waals surface area contributed by atoms with E-state index in [1.54, 1.807) is 0 Å².